The third kappa shape index (κ3) is 3.58. The van der Waals surface area contributed by atoms with E-state index in [0.717, 1.165) is 16.9 Å². The first kappa shape index (κ1) is 15.5. The van der Waals surface area contributed by atoms with Crippen LogP contribution in [0.1, 0.15) is 28.9 Å². The molecule has 3 nitrogen and oxygen atoms in total. The molecule has 3 aromatic carbocycles. The first-order valence-electron chi connectivity index (χ1n) is 8.34. The molecular weight excluding hydrogens is 308 g/mol. The van der Waals surface area contributed by atoms with Gasteiger partial charge < -0.3 is 4.74 Å². The summed E-state index contributed by atoms with van der Waals surface area (Å²) in [6, 6.07) is 29.0. The number of nitrogens with zero attached hydrogens (tertiary/aromatic N) is 2. The highest BCUT2D eigenvalue weighted by atomic mass is 16.6. The van der Waals surface area contributed by atoms with Crippen molar-refractivity contribution in [1.29, 1.82) is 0 Å². The summed E-state index contributed by atoms with van der Waals surface area (Å²) < 4.78 is 5.89. The maximum absolute atomic E-state index is 5.89. The van der Waals surface area contributed by atoms with Crippen LogP contribution in [-0.2, 0) is 4.74 Å². The van der Waals surface area contributed by atoms with E-state index in [0.29, 0.717) is 0 Å². The topological polar surface area (TPSA) is 37.2 Å². The minimum absolute atomic E-state index is 0.0449. The predicted molar refractivity (Wildman–Crippen MR) is 99.8 cm³/mol. The average molecular weight is 326 g/mol. The number of benzene rings is 3. The quantitative estimate of drug-likeness (QED) is 0.431. The van der Waals surface area contributed by atoms with E-state index in [1.165, 1.54) is 11.1 Å². The van der Waals surface area contributed by atoms with Crippen LogP contribution >= 0.6 is 0 Å². The van der Waals surface area contributed by atoms with Gasteiger partial charge in [0.05, 0.1) is 11.4 Å². The van der Waals surface area contributed by atoms with E-state index in [4.69, 9.17) is 4.74 Å². The monoisotopic (exact) mass is 326 g/mol. The molecule has 3 heteroatoms. The molecule has 0 spiro atoms. The van der Waals surface area contributed by atoms with Crippen LogP contribution in [-0.4, -0.2) is 6.01 Å². The summed E-state index contributed by atoms with van der Waals surface area (Å²) in [7, 11) is 0. The van der Waals surface area contributed by atoms with E-state index in [1.807, 2.05) is 60.7 Å². The minimum atomic E-state index is 0.0449. The standard InChI is InChI=1S/C22H18N2O/c1-16-11-13-18(14-12-16)23-15-24-20-10-6-5-9-19(20)22-21(25-22)17-7-3-2-4-8-17/h2-14,21-22H,1H3/t21-,22-/m1/s1. The van der Waals surface area contributed by atoms with Gasteiger partial charge in [0, 0.05) is 5.56 Å². The molecule has 1 fully saturated rings. The van der Waals surface area contributed by atoms with Crippen LogP contribution in [0.4, 0.5) is 11.4 Å². The first-order chi connectivity index (χ1) is 12.3. The number of aryl methyl sites for hydroxylation is 1. The molecule has 1 saturated heterocycles. The third-order valence-corrected chi connectivity index (χ3v) is 4.25. The highest BCUT2D eigenvalue weighted by Crippen LogP contribution is 2.53. The second-order valence-corrected chi connectivity index (χ2v) is 6.11. The second-order valence-electron chi connectivity index (χ2n) is 6.11. The Bertz CT molecular complexity index is 926. The van der Waals surface area contributed by atoms with Crippen molar-refractivity contribution in [2.75, 3.05) is 0 Å². The van der Waals surface area contributed by atoms with E-state index in [1.54, 1.807) is 0 Å². The molecule has 0 bridgehead atoms. The van der Waals surface area contributed by atoms with Crippen molar-refractivity contribution in [3.63, 3.8) is 0 Å². The van der Waals surface area contributed by atoms with Crippen molar-refractivity contribution >= 4 is 17.4 Å². The van der Waals surface area contributed by atoms with E-state index >= 15 is 0 Å². The first-order valence-corrected chi connectivity index (χ1v) is 8.34. The SMILES string of the molecule is Cc1ccc(N=C=Nc2ccccc2[C@H]2O[C@@H]2c2ccccc2)cc1. The molecule has 1 aliphatic heterocycles. The molecule has 0 aromatic heterocycles. The lowest BCUT2D eigenvalue weighted by molar-refractivity contribution is 0.378. The molecule has 0 unspecified atom stereocenters. The van der Waals surface area contributed by atoms with Gasteiger partial charge in [-0.25, -0.2) is 0 Å². The third-order valence-electron chi connectivity index (χ3n) is 4.25. The molecule has 0 radical (unpaired) electrons. The van der Waals surface area contributed by atoms with Gasteiger partial charge >= 0.3 is 0 Å². The van der Waals surface area contributed by atoms with Crippen molar-refractivity contribution in [3.05, 3.63) is 95.6 Å². The molecule has 0 amide bonds. The Kier molecular flexibility index (Phi) is 4.26. The van der Waals surface area contributed by atoms with Crippen LogP contribution in [0.3, 0.4) is 0 Å². The Morgan fingerprint density at radius 3 is 2.28 bits per heavy atom. The van der Waals surface area contributed by atoms with E-state index in [-0.39, 0.29) is 12.2 Å². The Morgan fingerprint density at radius 1 is 0.760 bits per heavy atom. The van der Waals surface area contributed by atoms with Crippen molar-refractivity contribution in [3.8, 4) is 0 Å². The Balaban J connectivity index is 1.56. The van der Waals surface area contributed by atoms with Gasteiger partial charge in [0.1, 0.15) is 18.2 Å². The summed E-state index contributed by atoms with van der Waals surface area (Å²) in [6.07, 6.45) is 0.148. The second kappa shape index (κ2) is 6.86. The Morgan fingerprint density at radius 2 is 1.48 bits per heavy atom. The van der Waals surface area contributed by atoms with E-state index < -0.39 is 0 Å². The van der Waals surface area contributed by atoms with Gasteiger partial charge in [0.15, 0.2) is 0 Å². The molecule has 1 aliphatic rings. The summed E-state index contributed by atoms with van der Waals surface area (Å²) in [6.45, 7) is 2.05. The van der Waals surface area contributed by atoms with Crippen molar-refractivity contribution in [1.82, 2.24) is 0 Å². The molecule has 1 heterocycles. The molecule has 25 heavy (non-hydrogen) atoms. The summed E-state index contributed by atoms with van der Waals surface area (Å²) in [5, 5.41) is 0. The molecule has 0 saturated carbocycles. The van der Waals surface area contributed by atoms with Gasteiger partial charge in [-0.3, -0.25) is 0 Å². The molecular formula is C22H18N2O. The van der Waals surface area contributed by atoms with E-state index in [2.05, 4.69) is 41.1 Å². The number of hydrogen-bond acceptors (Lipinski definition) is 3. The lowest BCUT2D eigenvalue weighted by atomic mass is 10.0. The Hall–Kier alpha value is -3.00. The fraction of sp³-hybridized carbons (Fsp3) is 0.136. The maximum Gasteiger partial charge on any atom is 0.116 e. The average Bonchev–Trinajstić information content (AvgIpc) is 3.45. The number of hydrogen-bond donors (Lipinski definition) is 0. The lowest BCUT2D eigenvalue weighted by Gasteiger charge is -2.00. The summed E-state index contributed by atoms with van der Waals surface area (Å²) in [4.78, 5) is 8.70. The number of rotatable bonds is 4. The largest absolute Gasteiger partial charge is 0.359 e. The molecule has 0 N–H and O–H groups in total. The van der Waals surface area contributed by atoms with Crippen LogP contribution in [0.5, 0.6) is 0 Å². The van der Waals surface area contributed by atoms with Gasteiger partial charge in [-0.2, -0.15) is 9.98 Å². The zero-order valence-electron chi connectivity index (χ0n) is 14.0. The van der Waals surface area contributed by atoms with Crippen LogP contribution < -0.4 is 0 Å². The Labute approximate surface area is 147 Å². The number of epoxide rings is 1. The zero-order valence-corrected chi connectivity index (χ0v) is 14.0. The van der Waals surface area contributed by atoms with Crippen molar-refractivity contribution < 1.29 is 4.74 Å². The minimum Gasteiger partial charge on any atom is -0.359 e. The normalized spacial score (nSPS) is 18.3. The fourth-order valence-corrected chi connectivity index (χ4v) is 2.83. The molecule has 122 valence electrons. The smallest absolute Gasteiger partial charge is 0.116 e. The molecule has 0 aliphatic carbocycles. The van der Waals surface area contributed by atoms with Gasteiger partial charge in [0.2, 0.25) is 0 Å². The molecule has 3 aromatic rings. The maximum atomic E-state index is 5.89. The van der Waals surface area contributed by atoms with Crippen LogP contribution in [0.25, 0.3) is 0 Å². The van der Waals surface area contributed by atoms with Gasteiger partial charge in [-0.15, -0.1) is 0 Å². The lowest BCUT2D eigenvalue weighted by Crippen LogP contribution is -1.85. The van der Waals surface area contributed by atoms with Gasteiger partial charge in [-0.1, -0.05) is 66.2 Å². The molecule has 2 atom stereocenters. The summed E-state index contributed by atoms with van der Waals surface area (Å²) in [5.74, 6) is 0. The molecule has 4 rings (SSSR count). The van der Waals surface area contributed by atoms with Gasteiger partial charge in [-0.05, 0) is 30.7 Å². The highest BCUT2D eigenvalue weighted by Gasteiger charge is 2.42. The van der Waals surface area contributed by atoms with Crippen LogP contribution in [0.2, 0.25) is 0 Å². The van der Waals surface area contributed by atoms with Crippen LogP contribution in [0, 0.1) is 6.92 Å². The summed E-state index contributed by atoms with van der Waals surface area (Å²) >= 11 is 0. The van der Waals surface area contributed by atoms with Crippen molar-refractivity contribution in [2.45, 2.75) is 19.1 Å². The number of para-hydroxylation sites is 1. The van der Waals surface area contributed by atoms with E-state index in [9.17, 15) is 0 Å². The zero-order chi connectivity index (χ0) is 17.1. The fourth-order valence-electron chi connectivity index (χ4n) is 2.83. The predicted octanol–water partition coefficient (Wildman–Crippen LogP) is 5.94. The van der Waals surface area contributed by atoms with Crippen LogP contribution in [0.15, 0.2) is 88.8 Å². The highest BCUT2D eigenvalue weighted by molar-refractivity contribution is 5.61. The number of ether oxygens (including phenoxy) is 1. The van der Waals surface area contributed by atoms with Gasteiger partial charge in [0.25, 0.3) is 0 Å². The number of aliphatic imine (C=N–C) groups is 2. The van der Waals surface area contributed by atoms with Crippen molar-refractivity contribution in [2.24, 2.45) is 9.98 Å². The summed E-state index contributed by atoms with van der Waals surface area (Å²) in [5.41, 5.74) is 5.17.